The van der Waals surface area contributed by atoms with E-state index in [1.54, 1.807) is 11.8 Å². The third-order valence-electron chi connectivity index (χ3n) is 1.50. The van der Waals surface area contributed by atoms with E-state index >= 15 is 0 Å². The highest BCUT2D eigenvalue weighted by Gasteiger charge is 1.94. The number of halogens is 1. The van der Waals surface area contributed by atoms with Gasteiger partial charge in [0.15, 0.2) is 0 Å². The van der Waals surface area contributed by atoms with Gasteiger partial charge in [-0.15, -0.1) is 11.8 Å². The van der Waals surface area contributed by atoms with Gasteiger partial charge < -0.3 is 0 Å². The molecule has 0 N–H and O–H groups in total. The van der Waals surface area contributed by atoms with Crippen molar-refractivity contribution >= 4 is 40.3 Å². The van der Waals surface area contributed by atoms with Gasteiger partial charge in [0, 0.05) is 10.7 Å². The SMILES string of the molecule is SCCCCSc1ccc(Br)cn1. The minimum atomic E-state index is 0.980. The van der Waals surface area contributed by atoms with Gasteiger partial charge in [0.05, 0.1) is 5.03 Å². The van der Waals surface area contributed by atoms with Gasteiger partial charge in [0.2, 0.25) is 0 Å². The van der Waals surface area contributed by atoms with Crippen molar-refractivity contribution in [2.24, 2.45) is 0 Å². The zero-order valence-corrected chi connectivity index (χ0v) is 10.5. The van der Waals surface area contributed by atoms with Crippen molar-refractivity contribution in [3.05, 3.63) is 22.8 Å². The summed E-state index contributed by atoms with van der Waals surface area (Å²) in [5.41, 5.74) is 0. The number of hydrogen-bond donors (Lipinski definition) is 1. The van der Waals surface area contributed by atoms with Crippen LogP contribution in [0.3, 0.4) is 0 Å². The van der Waals surface area contributed by atoms with Gasteiger partial charge in [-0.05, 0) is 52.4 Å². The number of pyridine rings is 1. The number of aromatic nitrogens is 1. The summed E-state index contributed by atoms with van der Waals surface area (Å²) in [5, 5.41) is 1.10. The second-order valence-electron chi connectivity index (χ2n) is 2.59. The Balaban J connectivity index is 2.25. The molecule has 1 heterocycles. The van der Waals surface area contributed by atoms with Crippen molar-refractivity contribution < 1.29 is 0 Å². The Morgan fingerprint density at radius 3 is 2.85 bits per heavy atom. The Labute approximate surface area is 97.3 Å². The standard InChI is InChI=1S/C9H12BrNS2/c10-8-3-4-9(11-7-8)13-6-2-1-5-12/h3-4,7,12H,1-2,5-6H2. The maximum absolute atomic E-state index is 4.27. The first-order valence-electron chi connectivity index (χ1n) is 4.18. The van der Waals surface area contributed by atoms with Gasteiger partial charge in [-0.3, -0.25) is 0 Å². The number of rotatable bonds is 5. The molecule has 0 fully saturated rings. The highest BCUT2D eigenvalue weighted by atomic mass is 79.9. The van der Waals surface area contributed by atoms with Crippen LogP contribution < -0.4 is 0 Å². The van der Waals surface area contributed by atoms with E-state index in [0.717, 1.165) is 21.0 Å². The molecule has 0 atom stereocenters. The van der Waals surface area contributed by atoms with Crippen molar-refractivity contribution in [1.29, 1.82) is 0 Å². The van der Waals surface area contributed by atoms with Crippen molar-refractivity contribution in [3.63, 3.8) is 0 Å². The van der Waals surface area contributed by atoms with E-state index in [-0.39, 0.29) is 0 Å². The molecular formula is C9H12BrNS2. The van der Waals surface area contributed by atoms with E-state index in [0.29, 0.717) is 0 Å². The molecule has 0 bridgehead atoms. The van der Waals surface area contributed by atoms with Gasteiger partial charge in [0.1, 0.15) is 0 Å². The predicted molar refractivity (Wildman–Crippen MR) is 65.7 cm³/mol. The molecule has 0 aliphatic heterocycles. The van der Waals surface area contributed by atoms with E-state index in [2.05, 4.69) is 33.5 Å². The zero-order valence-electron chi connectivity index (χ0n) is 7.24. The van der Waals surface area contributed by atoms with E-state index in [1.165, 1.54) is 12.8 Å². The second kappa shape index (κ2) is 6.74. The smallest absolute Gasteiger partial charge is 0.0960 e. The number of nitrogens with zero attached hydrogens (tertiary/aromatic N) is 1. The first kappa shape index (κ1) is 11.4. The molecule has 1 aromatic rings. The Bertz CT molecular complexity index is 238. The van der Waals surface area contributed by atoms with E-state index in [1.807, 2.05) is 18.3 Å². The van der Waals surface area contributed by atoms with Crippen LogP contribution in [-0.2, 0) is 0 Å². The Morgan fingerprint density at radius 1 is 1.38 bits per heavy atom. The van der Waals surface area contributed by atoms with Gasteiger partial charge in [-0.2, -0.15) is 12.6 Å². The zero-order chi connectivity index (χ0) is 9.52. The Kier molecular flexibility index (Phi) is 5.91. The van der Waals surface area contributed by atoms with Crippen LogP contribution in [0.2, 0.25) is 0 Å². The maximum Gasteiger partial charge on any atom is 0.0960 e. The first-order valence-corrected chi connectivity index (χ1v) is 6.59. The van der Waals surface area contributed by atoms with Crippen molar-refractivity contribution in [3.8, 4) is 0 Å². The van der Waals surface area contributed by atoms with Gasteiger partial charge >= 0.3 is 0 Å². The minimum absolute atomic E-state index is 0.980. The summed E-state index contributed by atoms with van der Waals surface area (Å²) in [4.78, 5) is 4.27. The summed E-state index contributed by atoms with van der Waals surface area (Å²) in [6, 6.07) is 4.06. The van der Waals surface area contributed by atoms with Crippen LogP contribution in [0.1, 0.15) is 12.8 Å². The van der Waals surface area contributed by atoms with Crippen LogP contribution >= 0.6 is 40.3 Å². The molecule has 0 aliphatic rings. The largest absolute Gasteiger partial charge is 0.249 e. The van der Waals surface area contributed by atoms with Crippen LogP contribution in [0.15, 0.2) is 27.8 Å². The highest BCUT2D eigenvalue weighted by Crippen LogP contribution is 2.18. The molecule has 0 aromatic carbocycles. The topological polar surface area (TPSA) is 12.9 Å². The third kappa shape index (κ3) is 4.93. The van der Waals surface area contributed by atoms with Crippen LogP contribution in [0.4, 0.5) is 0 Å². The summed E-state index contributed by atoms with van der Waals surface area (Å²) < 4.78 is 1.03. The molecule has 0 amide bonds. The third-order valence-corrected chi connectivity index (χ3v) is 3.32. The minimum Gasteiger partial charge on any atom is -0.249 e. The highest BCUT2D eigenvalue weighted by molar-refractivity contribution is 9.10. The van der Waals surface area contributed by atoms with Crippen LogP contribution in [0, 0.1) is 0 Å². The van der Waals surface area contributed by atoms with Gasteiger partial charge in [0.25, 0.3) is 0 Å². The molecule has 72 valence electrons. The maximum atomic E-state index is 4.27. The van der Waals surface area contributed by atoms with Crippen LogP contribution in [-0.4, -0.2) is 16.5 Å². The molecule has 0 spiro atoms. The van der Waals surface area contributed by atoms with Gasteiger partial charge in [-0.25, -0.2) is 4.98 Å². The fourth-order valence-electron chi connectivity index (χ4n) is 0.838. The Hall–Kier alpha value is 0.330. The molecule has 0 aliphatic carbocycles. The van der Waals surface area contributed by atoms with E-state index < -0.39 is 0 Å². The van der Waals surface area contributed by atoms with Crippen molar-refractivity contribution in [2.75, 3.05) is 11.5 Å². The van der Waals surface area contributed by atoms with Gasteiger partial charge in [-0.1, -0.05) is 0 Å². The van der Waals surface area contributed by atoms with E-state index in [4.69, 9.17) is 0 Å². The monoisotopic (exact) mass is 277 g/mol. The normalized spacial score (nSPS) is 10.3. The van der Waals surface area contributed by atoms with Crippen molar-refractivity contribution in [1.82, 2.24) is 4.98 Å². The molecule has 0 saturated heterocycles. The second-order valence-corrected chi connectivity index (χ2v) is 5.07. The van der Waals surface area contributed by atoms with Crippen molar-refractivity contribution in [2.45, 2.75) is 17.9 Å². The summed E-state index contributed by atoms with van der Waals surface area (Å²) >= 11 is 9.32. The molecule has 0 saturated carbocycles. The molecule has 0 unspecified atom stereocenters. The molecule has 4 heteroatoms. The predicted octanol–water partition coefficient (Wildman–Crippen LogP) is 3.65. The molecule has 1 nitrogen and oxygen atoms in total. The fourth-order valence-corrected chi connectivity index (χ4v) is 2.15. The number of unbranched alkanes of at least 4 members (excludes halogenated alkanes) is 1. The summed E-state index contributed by atoms with van der Waals surface area (Å²) in [6.07, 6.45) is 4.24. The average molecular weight is 278 g/mol. The number of thiol groups is 1. The quantitative estimate of drug-likeness (QED) is 0.501. The van der Waals surface area contributed by atoms with E-state index in [9.17, 15) is 0 Å². The van der Waals surface area contributed by atoms with Crippen LogP contribution in [0.5, 0.6) is 0 Å². The summed E-state index contributed by atoms with van der Waals surface area (Å²) in [5.74, 6) is 2.11. The lowest BCUT2D eigenvalue weighted by atomic mass is 10.4. The molecular weight excluding hydrogens is 266 g/mol. The molecule has 0 radical (unpaired) electrons. The summed E-state index contributed by atoms with van der Waals surface area (Å²) in [7, 11) is 0. The lowest BCUT2D eigenvalue weighted by Gasteiger charge is -1.99. The first-order chi connectivity index (χ1) is 6.33. The fraction of sp³-hybridized carbons (Fsp3) is 0.444. The lowest BCUT2D eigenvalue weighted by molar-refractivity contribution is 0.908. The number of thioether (sulfide) groups is 1. The van der Waals surface area contributed by atoms with Crippen LogP contribution in [0.25, 0.3) is 0 Å². The average Bonchev–Trinajstić information content (AvgIpc) is 2.15. The molecule has 13 heavy (non-hydrogen) atoms. The number of hydrogen-bond acceptors (Lipinski definition) is 3. The summed E-state index contributed by atoms with van der Waals surface area (Å²) in [6.45, 7) is 0. The molecule has 1 aromatic heterocycles. The lowest BCUT2D eigenvalue weighted by Crippen LogP contribution is -1.84. The molecule has 1 rings (SSSR count). The Morgan fingerprint density at radius 2 is 2.23 bits per heavy atom.